The lowest BCUT2D eigenvalue weighted by atomic mass is 9.62. The fourth-order valence-corrected chi connectivity index (χ4v) is 6.10. The Kier molecular flexibility index (Phi) is 6.48. The van der Waals surface area contributed by atoms with Gasteiger partial charge in [0.05, 0.1) is 6.10 Å². The SMILES string of the molecule is C=C(CC)[C@H]1CC[C@H]2/C(=C/C=C3/C[C@@H](CO)C(=C)[C@H](OC)C3)CCC[C@]12C. The first-order valence-corrected chi connectivity index (χ1v) is 10.8. The summed E-state index contributed by atoms with van der Waals surface area (Å²) < 4.78 is 5.61. The van der Waals surface area contributed by atoms with Crippen molar-refractivity contribution in [1.29, 1.82) is 0 Å². The van der Waals surface area contributed by atoms with E-state index in [1.807, 2.05) is 0 Å². The van der Waals surface area contributed by atoms with Gasteiger partial charge in [-0.25, -0.2) is 0 Å². The third kappa shape index (κ3) is 3.89. The number of allylic oxidation sites excluding steroid dienone is 4. The van der Waals surface area contributed by atoms with E-state index in [2.05, 4.69) is 39.2 Å². The van der Waals surface area contributed by atoms with Crippen LogP contribution in [0, 0.1) is 23.2 Å². The highest BCUT2D eigenvalue weighted by atomic mass is 16.5. The van der Waals surface area contributed by atoms with E-state index in [9.17, 15) is 5.11 Å². The number of hydrogen-bond donors (Lipinski definition) is 1. The second-order valence-corrected chi connectivity index (χ2v) is 9.21. The zero-order chi connectivity index (χ0) is 19.6. The number of hydrogen-bond acceptors (Lipinski definition) is 2. The number of aliphatic hydroxyl groups excluding tert-OH is 1. The quantitative estimate of drug-likeness (QED) is 0.602. The Bertz CT molecular complexity index is 623. The van der Waals surface area contributed by atoms with Gasteiger partial charge in [-0.15, -0.1) is 0 Å². The van der Waals surface area contributed by atoms with Gasteiger partial charge in [0.1, 0.15) is 0 Å². The molecule has 0 aliphatic heterocycles. The zero-order valence-corrected chi connectivity index (χ0v) is 17.6. The van der Waals surface area contributed by atoms with Crippen LogP contribution in [0.25, 0.3) is 0 Å². The third-order valence-electron chi connectivity index (χ3n) is 7.84. The second kappa shape index (κ2) is 8.49. The molecule has 5 atom stereocenters. The Balaban J connectivity index is 1.80. The van der Waals surface area contributed by atoms with Crippen molar-refractivity contribution >= 4 is 0 Å². The Morgan fingerprint density at radius 2 is 2.07 bits per heavy atom. The summed E-state index contributed by atoms with van der Waals surface area (Å²) in [5, 5.41) is 9.70. The number of methoxy groups -OCH3 is 1. The summed E-state index contributed by atoms with van der Waals surface area (Å²) in [7, 11) is 1.75. The highest BCUT2D eigenvalue weighted by Crippen LogP contribution is 2.59. The van der Waals surface area contributed by atoms with Crippen LogP contribution in [-0.2, 0) is 4.74 Å². The van der Waals surface area contributed by atoms with Crippen LogP contribution in [-0.4, -0.2) is 24.9 Å². The van der Waals surface area contributed by atoms with Gasteiger partial charge in [-0.05, 0) is 74.2 Å². The smallest absolute Gasteiger partial charge is 0.0819 e. The highest BCUT2D eigenvalue weighted by molar-refractivity contribution is 5.30. The van der Waals surface area contributed by atoms with Gasteiger partial charge in [0.2, 0.25) is 0 Å². The molecule has 1 N–H and O–H groups in total. The van der Waals surface area contributed by atoms with Crippen LogP contribution >= 0.6 is 0 Å². The van der Waals surface area contributed by atoms with E-state index in [0.29, 0.717) is 17.3 Å². The summed E-state index contributed by atoms with van der Waals surface area (Å²) in [4.78, 5) is 0. The van der Waals surface area contributed by atoms with Gasteiger partial charge >= 0.3 is 0 Å². The number of fused-ring (bicyclic) bond motifs is 1. The van der Waals surface area contributed by atoms with Gasteiger partial charge in [-0.2, -0.15) is 0 Å². The summed E-state index contributed by atoms with van der Waals surface area (Å²) in [5.41, 5.74) is 5.94. The topological polar surface area (TPSA) is 29.5 Å². The lowest BCUT2D eigenvalue weighted by Crippen LogP contribution is -2.33. The molecule has 0 spiro atoms. The maximum Gasteiger partial charge on any atom is 0.0819 e. The van der Waals surface area contributed by atoms with Crippen molar-refractivity contribution in [2.75, 3.05) is 13.7 Å². The molecule has 3 rings (SSSR count). The zero-order valence-electron chi connectivity index (χ0n) is 17.6. The fourth-order valence-electron chi connectivity index (χ4n) is 6.10. The van der Waals surface area contributed by atoms with Crippen molar-refractivity contribution in [1.82, 2.24) is 0 Å². The summed E-state index contributed by atoms with van der Waals surface area (Å²) in [6, 6.07) is 0. The molecule has 0 radical (unpaired) electrons. The molecule has 3 aliphatic carbocycles. The molecule has 3 saturated carbocycles. The minimum atomic E-state index is 0.0425. The molecule has 0 amide bonds. The Hall–Kier alpha value is -1.12. The highest BCUT2D eigenvalue weighted by Gasteiger charge is 2.49. The van der Waals surface area contributed by atoms with Gasteiger partial charge in [-0.3, -0.25) is 0 Å². The molecule has 3 fully saturated rings. The first-order chi connectivity index (χ1) is 12.9. The second-order valence-electron chi connectivity index (χ2n) is 9.21. The standard InChI is InChI=1S/C25H38O2/c1-6-17(2)22-11-12-23-20(8-7-13-25(22,23)4)10-9-19-14-21(16-26)18(3)24(15-19)27-5/h9-10,21-24,26H,2-3,6-8,11-16H2,1,4-5H3/b19-9-,20-10+/t21-,22+,23-,24+,25+/m0/s1. The molecule has 0 saturated heterocycles. The molecule has 0 bridgehead atoms. The predicted molar refractivity (Wildman–Crippen MR) is 114 cm³/mol. The first-order valence-electron chi connectivity index (χ1n) is 10.8. The minimum Gasteiger partial charge on any atom is -0.396 e. The largest absolute Gasteiger partial charge is 0.396 e. The van der Waals surface area contributed by atoms with E-state index in [0.717, 1.165) is 24.8 Å². The van der Waals surface area contributed by atoms with Crippen LogP contribution in [0.15, 0.2) is 47.6 Å². The monoisotopic (exact) mass is 370 g/mol. The van der Waals surface area contributed by atoms with Crippen molar-refractivity contribution in [3.63, 3.8) is 0 Å². The van der Waals surface area contributed by atoms with E-state index in [-0.39, 0.29) is 18.6 Å². The van der Waals surface area contributed by atoms with Crippen molar-refractivity contribution in [2.45, 2.75) is 71.3 Å². The molecule has 0 unspecified atom stereocenters. The van der Waals surface area contributed by atoms with E-state index in [1.54, 1.807) is 12.7 Å². The molecule has 27 heavy (non-hydrogen) atoms. The van der Waals surface area contributed by atoms with E-state index in [4.69, 9.17) is 4.74 Å². The minimum absolute atomic E-state index is 0.0425. The summed E-state index contributed by atoms with van der Waals surface area (Å²) >= 11 is 0. The number of ether oxygens (including phenoxy) is 1. The average molecular weight is 371 g/mol. The number of aliphatic hydroxyl groups is 1. The van der Waals surface area contributed by atoms with Crippen molar-refractivity contribution in [3.05, 3.63) is 47.6 Å². The average Bonchev–Trinajstić information content (AvgIpc) is 3.04. The van der Waals surface area contributed by atoms with Crippen LogP contribution < -0.4 is 0 Å². The lowest BCUT2D eigenvalue weighted by Gasteiger charge is -2.43. The molecule has 2 heteroatoms. The maximum atomic E-state index is 9.70. The summed E-state index contributed by atoms with van der Waals surface area (Å²) in [6.07, 6.45) is 14.2. The van der Waals surface area contributed by atoms with Gasteiger partial charge in [0.15, 0.2) is 0 Å². The van der Waals surface area contributed by atoms with Crippen LogP contribution in [0.3, 0.4) is 0 Å². The van der Waals surface area contributed by atoms with Crippen LogP contribution in [0.5, 0.6) is 0 Å². The van der Waals surface area contributed by atoms with Gasteiger partial charge < -0.3 is 9.84 Å². The van der Waals surface area contributed by atoms with Gasteiger partial charge in [-0.1, -0.05) is 55.9 Å². The van der Waals surface area contributed by atoms with Crippen molar-refractivity contribution in [3.8, 4) is 0 Å². The Morgan fingerprint density at radius 1 is 1.30 bits per heavy atom. The van der Waals surface area contributed by atoms with Crippen LogP contribution in [0.2, 0.25) is 0 Å². The van der Waals surface area contributed by atoms with Crippen molar-refractivity contribution in [2.24, 2.45) is 23.2 Å². The molecular formula is C25H38O2. The van der Waals surface area contributed by atoms with E-state index < -0.39 is 0 Å². The molecule has 0 aromatic rings. The number of rotatable bonds is 5. The third-order valence-corrected chi connectivity index (χ3v) is 7.84. The molecule has 0 aromatic carbocycles. The molecule has 2 nitrogen and oxygen atoms in total. The fraction of sp³-hybridized carbons (Fsp3) is 0.680. The Labute approximate surface area is 166 Å². The van der Waals surface area contributed by atoms with E-state index in [1.165, 1.54) is 43.3 Å². The van der Waals surface area contributed by atoms with Gasteiger partial charge in [0, 0.05) is 19.6 Å². The summed E-state index contributed by atoms with van der Waals surface area (Å²) in [6.45, 7) is 13.5. The lowest BCUT2D eigenvalue weighted by molar-refractivity contribution is 0.101. The van der Waals surface area contributed by atoms with Crippen LogP contribution in [0.4, 0.5) is 0 Å². The molecule has 150 valence electrons. The van der Waals surface area contributed by atoms with Crippen LogP contribution in [0.1, 0.15) is 65.2 Å². The van der Waals surface area contributed by atoms with E-state index >= 15 is 0 Å². The molecule has 0 heterocycles. The Morgan fingerprint density at radius 3 is 2.74 bits per heavy atom. The van der Waals surface area contributed by atoms with Gasteiger partial charge in [0.25, 0.3) is 0 Å². The molecular weight excluding hydrogens is 332 g/mol. The predicted octanol–water partition coefficient (Wildman–Crippen LogP) is 6.00. The normalized spacial score (nSPS) is 39.8. The summed E-state index contributed by atoms with van der Waals surface area (Å²) in [5.74, 6) is 1.54. The van der Waals surface area contributed by atoms with Crippen molar-refractivity contribution < 1.29 is 9.84 Å². The first kappa shape index (κ1) is 20.6. The molecule has 3 aliphatic rings. The molecule has 0 aromatic heterocycles. The maximum absolute atomic E-state index is 9.70.